The maximum absolute atomic E-state index is 11.3. The van der Waals surface area contributed by atoms with Gasteiger partial charge < -0.3 is 15.2 Å². The van der Waals surface area contributed by atoms with E-state index in [0.717, 1.165) is 16.2 Å². The highest BCUT2D eigenvalue weighted by atomic mass is 32.2. The molecule has 0 amide bonds. The number of carbonyl (C=O) groups is 1. The summed E-state index contributed by atoms with van der Waals surface area (Å²) in [5, 5.41) is 12.1. The lowest BCUT2D eigenvalue weighted by atomic mass is 9.98. The van der Waals surface area contributed by atoms with Gasteiger partial charge in [0.2, 0.25) is 0 Å². The van der Waals surface area contributed by atoms with Crippen LogP contribution in [0.1, 0.15) is 19.8 Å². The summed E-state index contributed by atoms with van der Waals surface area (Å²) in [6.07, 6.45) is 0.820. The summed E-state index contributed by atoms with van der Waals surface area (Å²) in [6, 6.07) is 7.16. The molecule has 0 aliphatic carbocycles. The highest BCUT2D eigenvalue weighted by Crippen LogP contribution is 2.38. The van der Waals surface area contributed by atoms with Gasteiger partial charge in [-0.15, -0.1) is 11.8 Å². The Kier molecular flexibility index (Phi) is 8.44. The maximum atomic E-state index is 11.3. The second-order valence-electron chi connectivity index (χ2n) is 6.43. The molecule has 152 valence electrons. The number of thioether (sulfide) groups is 2. The van der Waals surface area contributed by atoms with Crippen molar-refractivity contribution in [2.75, 3.05) is 18.6 Å². The first-order valence-electron chi connectivity index (χ1n) is 8.60. The average Bonchev–Trinajstić information content (AvgIpc) is 2.93. The number of likely N-dealkylation sites (N-methyl/N-ethyl adjacent to an activating group) is 1. The quantitative estimate of drug-likeness (QED) is 0.290. The van der Waals surface area contributed by atoms with Crippen LogP contribution in [0.5, 0.6) is 0 Å². The van der Waals surface area contributed by atoms with Gasteiger partial charge in [0.15, 0.2) is 0 Å². The van der Waals surface area contributed by atoms with Crippen LogP contribution in [0.25, 0.3) is 0 Å². The van der Waals surface area contributed by atoms with E-state index >= 15 is 0 Å². The van der Waals surface area contributed by atoms with Gasteiger partial charge in [-0.25, -0.2) is 0 Å². The van der Waals surface area contributed by atoms with Gasteiger partial charge in [-0.3, -0.25) is 9.35 Å². The molecular formula is C17H25NO6S3. The van der Waals surface area contributed by atoms with E-state index in [4.69, 9.17) is 9.29 Å². The van der Waals surface area contributed by atoms with Crippen molar-refractivity contribution >= 4 is 39.6 Å². The predicted molar refractivity (Wildman–Crippen MR) is 107 cm³/mol. The molecule has 2 rings (SSSR count). The molecular weight excluding hydrogens is 410 g/mol. The molecule has 1 aliphatic heterocycles. The topological polar surface area (TPSA) is 113 Å². The highest BCUT2D eigenvalue weighted by Gasteiger charge is 2.40. The number of carboxylic acids is 1. The Balaban J connectivity index is 1.83. The van der Waals surface area contributed by atoms with Crippen LogP contribution in [0, 0.1) is 5.92 Å². The van der Waals surface area contributed by atoms with Gasteiger partial charge in [-0.05, 0) is 55.8 Å². The SMILES string of the molecule is CNC(C(=O)O)[C@@H]1OC(Sc2ccc(SCCCS(=O)(=O)O)cc2)C[C@H]1C. The minimum atomic E-state index is -3.89. The third kappa shape index (κ3) is 7.28. The van der Waals surface area contributed by atoms with Crippen molar-refractivity contribution in [3.8, 4) is 0 Å². The Morgan fingerprint density at radius 1 is 1.33 bits per heavy atom. The molecule has 1 aliphatic rings. The summed E-state index contributed by atoms with van der Waals surface area (Å²) in [4.78, 5) is 13.4. The summed E-state index contributed by atoms with van der Waals surface area (Å²) in [5.74, 6) is -0.377. The Morgan fingerprint density at radius 3 is 2.52 bits per heavy atom. The number of ether oxygens (including phenoxy) is 1. The van der Waals surface area contributed by atoms with Gasteiger partial charge in [0, 0.05) is 9.79 Å². The Morgan fingerprint density at radius 2 is 1.96 bits per heavy atom. The Hall–Kier alpha value is -0.780. The minimum Gasteiger partial charge on any atom is -0.480 e. The lowest BCUT2D eigenvalue weighted by Gasteiger charge is -2.22. The Bertz CT molecular complexity index is 725. The van der Waals surface area contributed by atoms with E-state index in [1.165, 1.54) is 11.8 Å². The molecule has 1 aromatic rings. The number of hydrogen-bond donors (Lipinski definition) is 3. The Labute approximate surface area is 168 Å². The van der Waals surface area contributed by atoms with Crippen LogP contribution in [0.4, 0.5) is 0 Å². The van der Waals surface area contributed by atoms with Gasteiger partial charge in [0.05, 0.1) is 11.9 Å². The lowest BCUT2D eigenvalue weighted by molar-refractivity contribution is -0.143. The second-order valence-corrected chi connectivity index (χ2v) is 10.4. The molecule has 1 fully saturated rings. The van der Waals surface area contributed by atoms with Crippen LogP contribution in [-0.4, -0.2) is 60.2 Å². The zero-order valence-electron chi connectivity index (χ0n) is 15.2. The standard InChI is InChI=1S/C17H25NO6S3/c1-11-10-14(24-16(11)15(18-2)17(19)20)26-13-6-4-12(5-7-13)25-8-3-9-27(21,22)23/h4-7,11,14-16,18H,3,8-10H2,1-2H3,(H,19,20)(H,21,22,23)/t11-,14?,15?,16-/m1/s1. The van der Waals surface area contributed by atoms with Crippen LogP contribution in [0.2, 0.25) is 0 Å². The van der Waals surface area contributed by atoms with Crippen molar-refractivity contribution in [1.82, 2.24) is 5.32 Å². The van der Waals surface area contributed by atoms with Crippen molar-refractivity contribution in [2.24, 2.45) is 5.92 Å². The summed E-state index contributed by atoms with van der Waals surface area (Å²) < 4.78 is 36.1. The van der Waals surface area contributed by atoms with E-state index in [9.17, 15) is 18.3 Å². The maximum Gasteiger partial charge on any atom is 0.323 e. The fourth-order valence-electron chi connectivity index (χ4n) is 2.91. The van der Waals surface area contributed by atoms with Crippen LogP contribution in [0.3, 0.4) is 0 Å². The van der Waals surface area contributed by atoms with E-state index in [1.807, 2.05) is 31.2 Å². The monoisotopic (exact) mass is 435 g/mol. The second kappa shape index (κ2) is 10.1. The largest absolute Gasteiger partial charge is 0.480 e. The zero-order valence-corrected chi connectivity index (χ0v) is 17.6. The third-order valence-electron chi connectivity index (χ3n) is 4.25. The predicted octanol–water partition coefficient (Wildman–Crippen LogP) is 2.57. The number of hydrogen-bond acceptors (Lipinski definition) is 7. The molecule has 1 heterocycles. The van der Waals surface area contributed by atoms with E-state index < -0.39 is 22.1 Å². The fourth-order valence-corrected chi connectivity index (χ4v) is 5.64. The van der Waals surface area contributed by atoms with Crippen molar-refractivity contribution in [2.45, 2.75) is 47.1 Å². The van der Waals surface area contributed by atoms with Gasteiger partial charge >= 0.3 is 5.97 Å². The third-order valence-corrected chi connectivity index (χ3v) is 7.26. The normalized spacial score (nSPS) is 24.0. The van der Waals surface area contributed by atoms with E-state index in [-0.39, 0.29) is 23.2 Å². The van der Waals surface area contributed by atoms with Gasteiger partial charge in [0.1, 0.15) is 11.5 Å². The molecule has 0 saturated carbocycles. The first kappa shape index (κ1) is 22.5. The molecule has 27 heavy (non-hydrogen) atoms. The molecule has 7 nitrogen and oxygen atoms in total. The molecule has 0 bridgehead atoms. The highest BCUT2D eigenvalue weighted by molar-refractivity contribution is 8.00. The summed E-state index contributed by atoms with van der Waals surface area (Å²) in [5.41, 5.74) is -0.0894. The van der Waals surface area contributed by atoms with Gasteiger partial charge in [-0.1, -0.05) is 18.7 Å². The van der Waals surface area contributed by atoms with Crippen LogP contribution < -0.4 is 5.32 Å². The van der Waals surface area contributed by atoms with E-state index in [1.54, 1.807) is 18.8 Å². The summed E-state index contributed by atoms with van der Waals surface area (Å²) >= 11 is 3.11. The van der Waals surface area contributed by atoms with Crippen LogP contribution in [-0.2, 0) is 19.6 Å². The van der Waals surface area contributed by atoms with Gasteiger partial charge in [0.25, 0.3) is 10.1 Å². The number of benzene rings is 1. The van der Waals surface area contributed by atoms with Crippen molar-refractivity contribution in [1.29, 1.82) is 0 Å². The molecule has 2 unspecified atom stereocenters. The van der Waals surface area contributed by atoms with E-state index in [2.05, 4.69) is 5.32 Å². The van der Waals surface area contributed by atoms with Gasteiger partial charge in [-0.2, -0.15) is 8.42 Å². The molecule has 3 N–H and O–H groups in total. The molecule has 0 spiro atoms. The van der Waals surface area contributed by atoms with E-state index in [0.29, 0.717) is 12.2 Å². The molecule has 1 aromatic carbocycles. The number of nitrogens with one attached hydrogen (secondary N) is 1. The smallest absolute Gasteiger partial charge is 0.323 e. The minimum absolute atomic E-state index is 0.0894. The first-order valence-corrected chi connectivity index (χ1v) is 12.1. The number of rotatable bonds is 10. The van der Waals surface area contributed by atoms with Crippen LogP contribution in [0.15, 0.2) is 34.1 Å². The summed E-state index contributed by atoms with van der Waals surface area (Å²) in [7, 11) is -2.27. The molecule has 0 radical (unpaired) electrons. The summed E-state index contributed by atoms with van der Waals surface area (Å²) in [6.45, 7) is 2.00. The fraction of sp³-hybridized carbons (Fsp3) is 0.588. The lowest BCUT2D eigenvalue weighted by Crippen LogP contribution is -2.46. The average molecular weight is 436 g/mol. The van der Waals surface area contributed by atoms with Crippen molar-refractivity contribution < 1.29 is 27.6 Å². The van der Waals surface area contributed by atoms with Crippen molar-refractivity contribution in [3.05, 3.63) is 24.3 Å². The first-order chi connectivity index (χ1) is 12.7. The molecule has 0 aromatic heterocycles. The zero-order chi connectivity index (χ0) is 20.0. The van der Waals surface area contributed by atoms with Crippen molar-refractivity contribution in [3.63, 3.8) is 0 Å². The molecule has 10 heteroatoms. The number of aliphatic carboxylic acids is 1. The molecule has 4 atom stereocenters. The number of carboxylic acid groups (broad SMARTS) is 1. The molecule has 1 saturated heterocycles. The van der Waals surface area contributed by atoms with Crippen LogP contribution >= 0.6 is 23.5 Å².